The predicted octanol–water partition coefficient (Wildman–Crippen LogP) is 2.52. The Balaban J connectivity index is 1.65. The quantitative estimate of drug-likeness (QED) is 0.887. The number of anilines is 1. The Morgan fingerprint density at radius 2 is 2.39 bits per heavy atom. The van der Waals surface area contributed by atoms with Crippen LogP contribution in [-0.4, -0.2) is 37.2 Å². The molecule has 0 bridgehead atoms. The Morgan fingerprint density at radius 1 is 1.44 bits per heavy atom. The summed E-state index contributed by atoms with van der Waals surface area (Å²) in [5.74, 6) is 1.04. The molecule has 0 amide bonds. The van der Waals surface area contributed by atoms with Gasteiger partial charge in [0.25, 0.3) is 0 Å². The van der Waals surface area contributed by atoms with Crippen molar-refractivity contribution >= 4 is 5.69 Å². The minimum absolute atomic E-state index is 0.367. The lowest BCUT2D eigenvalue weighted by Crippen LogP contribution is -2.40. The molecule has 0 saturated carbocycles. The first-order valence-electron chi connectivity index (χ1n) is 7.11. The van der Waals surface area contributed by atoms with Gasteiger partial charge in [-0.05, 0) is 56.1 Å². The molecular weight excluding hydrogens is 224 g/mol. The summed E-state index contributed by atoms with van der Waals surface area (Å²) in [4.78, 5) is 2.48. The van der Waals surface area contributed by atoms with Gasteiger partial charge in [0, 0.05) is 18.8 Å². The Labute approximate surface area is 109 Å². The van der Waals surface area contributed by atoms with Gasteiger partial charge in [-0.2, -0.15) is 0 Å². The van der Waals surface area contributed by atoms with Crippen molar-refractivity contribution in [1.82, 2.24) is 4.90 Å². The second-order valence-corrected chi connectivity index (χ2v) is 5.27. The number of hydrogen-bond donors (Lipinski definition) is 1. The molecule has 1 N–H and O–H groups in total. The standard InChI is InChI=1S/C15H22N2O/c1-2-17-9-3-4-14(11-17)18-13-5-6-15-12(10-13)7-8-16-15/h5-6,10,14,16H,2-4,7-9,11H2,1H3. The number of hydrogen-bond acceptors (Lipinski definition) is 3. The lowest BCUT2D eigenvalue weighted by molar-refractivity contribution is 0.0919. The topological polar surface area (TPSA) is 24.5 Å². The van der Waals surface area contributed by atoms with Crippen molar-refractivity contribution in [3.63, 3.8) is 0 Å². The summed E-state index contributed by atoms with van der Waals surface area (Å²) in [5.41, 5.74) is 2.68. The normalized spacial score (nSPS) is 23.5. The van der Waals surface area contributed by atoms with Gasteiger partial charge in [-0.25, -0.2) is 0 Å². The third kappa shape index (κ3) is 2.46. The number of piperidine rings is 1. The summed E-state index contributed by atoms with van der Waals surface area (Å²) in [6.45, 7) is 6.72. The summed E-state index contributed by atoms with van der Waals surface area (Å²) in [6, 6.07) is 6.46. The first-order valence-corrected chi connectivity index (χ1v) is 7.11. The van der Waals surface area contributed by atoms with Gasteiger partial charge in [-0.15, -0.1) is 0 Å². The van der Waals surface area contributed by atoms with Crippen LogP contribution in [0.25, 0.3) is 0 Å². The highest BCUT2D eigenvalue weighted by molar-refractivity contribution is 5.57. The first-order chi connectivity index (χ1) is 8.85. The monoisotopic (exact) mass is 246 g/mol. The molecule has 2 aliphatic rings. The molecule has 1 atom stereocenters. The molecule has 18 heavy (non-hydrogen) atoms. The van der Waals surface area contributed by atoms with Crippen LogP contribution < -0.4 is 10.1 Å². The van der Waals surface area contributed by atoms with E-state index in [1.54, 1.807) is 0 Å². The lowest BCUT2D eigenvalue weighted by Gasteiger charge is -2.32. The van der Waals surface area contributed by atoms with Crippen LogP contribution in [0.1, 0.15) is 25.3 Å². The van der Waals surface area contributed by atoms with Crippen LogP contribution in [0.4, 0.5) is 5.69 Å². The third-order valence-electron chi connectivity index (χ3n) is 4.00. The summed E-state index contributed by atoms with van der Waals surface area (Å²) < 4.78 is 6.14. The van der Waals surface area contributed by atoms with Crippen molar-refractivity contribution in [2.75, 3.05) is 31.5 Å². The Hall–Kier alpha value is -1.22. The van der Waals surface area contributed by atoms with Crippen LogP contribution in [0.2, 0.25) is 0 Å². The molecule has 1 saturated heterocycles. The smallest absolute Gasteiger partial charge is 0.120 e. The molecule has 3 rings (SSSR count). The summed E-state index contributed by atoms with van der Waals surface area (Å²) in [7, 11) is 0. The van der Waals surface area contributed by atoms with E-state index in [0.717, 1.165) is 31.8 Å². The Bertz CT molecular complexity index is 419. The van der Waals surface area contributed by atoms with E-state index in [4.69, 9.17) is 4.74 Å². The molecule has 1 aromatic rings. The highest BCUT2D eigenvalue weighted by Crippen LogP contribution is 2.28. The number of benzene rings is 1. The van der Waals surface area contributed by atoms with Crippen molar-refractivity contribution in [3.05, 3.63) is 23.8 Å². The molecule has 0 aromatic heterocycles. The summed E-state index contributed by atoms with van der Waals surface area (Å²) >= 11 is 0. The minimum Gasteiger partial charge on any atom is -0.489 e. The molecule has 3 heteroatoms. The highest BCUT2D eigenvalue weighted by atomic mass is 16.5. The highest BCUT2D eigenvalue weighted by Gasteiger charge is 2.20. The van der Waals surface area contributed by atoms with Gasteiger partial charge in [0.1, 0.15) is 11.9 Å². The van der Waals surface area contributed by atoms with E-state index in [1.165, 1.54) is 30.6 Å². The molecule has 0 spiro atoms. The molecule has 2 aliphatic heterocycles. The van der Waals surface area contributed by atoms with Gasteiger partial charge in [0.05, 0.1) is 0 Å². The number of nitrogens with one attached hydrogen (secondary N) is 1. The molecule has 98 valence electrons. The number of nitrogens with zero attached hydrogens (tertiary/aromatic N) is 1. The second-order valence-electron chi connectivity index (χ2n) is 5.27. The lowest BCUT2D eigenvalue weighted by atomic mass is 10.1. The van der Waals surface area contributed by atoms with Crippen LogP contribution >= 0.6 is 0 Å². The Kier molecular flexibility index (Phi) is 3.41. The third-order valence-corrected chi connectivity index (χ3v) is 4.00. The van der Waals surface area contributed by atoms with Crippen molar-refractivity contribution in [1.29, 1.82) is 0 Å². The van der Waals surface area contributed by atoms with Gasteiger partial charge in [0.2, 0.25) is 0 Å². The van der Waals surface area contributed by atoms with Crippen molar-refractivity contribution < 1.29 is 4.74 Å². The van der Waals surface area contributed by atoms with E-state index in [9.17, 15) is 0 Å². The fourth-order valence-corrected chi connectivity index (χ4v) is 2.94. The van der Waals surface area contributed by atoms with Crippen LogP contribution in [0.15, 0.2) is 18.2 Å². The summed E-state index contributed by atoms with van der Waals surface area (Å²) in [5, 5.41) is 3.38. The second kappa shape index (κ2) is 5.19. The average Bonchev–Trinajstić information content (AvgIpc) is 2.86. The number of rotatable bonds is 3. The zero-order valence-corrected chi connectivity index (χ0v) is 11.1. The summed E-state index contributed by atoms with van der Waals surface area (Å²) in [6.07, 6.45) is 3.93. The fourth-order valence-electron chi connectivity index (χ4n) is 2.94. The number of likely N-dealkylation sites (N-methyl/N-ethyl adjacent to an activating group) is 1. The van der Waals surface area contributed by atoms with E-state index in [2.05, 4.69) is 35.3 Å². The fraction of sp³-hybridized carbons (Fsp3) is 0.600. The largest absolute Gasteiger partial charge is 0.489 e. The zero-order chi connectivity index (χ0) is 12.4. The van der Waals surface area contributed by atoms with Gasteiger partial charge in [0.15, 0.2) is 0 Å². The van der Waals surface area contributed by atoms with Gasteiger partial charge in [-0.1, -0.05) is 6.92 Å². The van der Waals surface area contributed by atoms with E-state index in [1.807, 2.05) is 0 Å². The van der Waals surface area contributed by atoms with Crippen LogP contribution in [0.5, 0.6) is 5.75 Å². The molecule has 0 aliphatic carbocycles. The van der Waals surface area contributed by atoms with Crippen molar-refractivity contribution in [2.24, 2.45) is 0 Å². The number of fused-ring (bicyclic) bond motifs is 1. The number of likely N-dealkylation sites (tertiary alicyclic amines) is 1. The molecule has 2 heterocycles. The molecule has 3 nitrogen and oxygen atoms in total. The maximum absolute atomic E-state index is 6.14. The maximum Gasteiger partial charge on any atom is 0.120 e. The van der Waals surface area contributed by atoms with E-state index < -0.39 is 0 Å². The van der Waals surface area contributed by atoms with Crippen molar-refractivity contribution in [3.8, 4) is 5.75 Å². The molecule has 0 radical (unpaired) electrons. The zero-order valence-electron chi connectivity index (χ0n) is 11.1. The van der Waals surface area contributed by atoms with Crippen LogP contribution in [0, 0.1) is 0 Å². The van der Waals surface area contributed by atoms with E-state index in [-0.39, 0.29) is 0 Å². The van der Waals surface area contributed by atoms with E-state index in [0.29, 0.717) is 6.10 Å². The van der Waals surface area contributed by atoms with Crippen molar-refractivity contribution in [2.45, 2.75) is 32.3 Å². The maximum atomic E-state index is 6.14. The van der Waals surface area contributed by atoms with Gasteiger partial charge < -0.3 is 10.1 Å². The molecule has 1 fully saturated rings. The van der Waals surface area contributed by atoms with Gasteiger partial charge in [-0.3, -0.25) is 4.90 Å². The average molecular weight is 246 g/mol. The first kappa shape index (κ1) is 11.8. The van der Waals surface area contributed by atoms with E-state index >= 15 is 0 Å². The van der Waals surface area contributed by atoms with Gasteiger partial charge >= 0.3 is 0 Å². The number of ether oxygens (including phenoxy) is 1. The molecule has 1 unspecified atom stereocenters. The predicted molar refractivity (Wildman–Crippen MR) is 74.4 cm³/mol. The molecule has 1 aromatic carbocycles. The minimum atomic E-state index is 0.367. The van der Waals surface area contributed by atoms with Crippen LogP contribution in [-0.2, 0) is 6.42 Å². The van der Waals surface area contributed by atoms with Crippen LogP contribution in [0.3, 0.4) is 0 Å². The Morgan fingerprint density at radius 3 is 3.28 bits per heavy atom. The SMILES string of the molecule is CCN1CCCC(Oc2ccc3c(c2)CCN3)C1. The molecular formula is C15H22N2O.